The lowest BCUT2D eigenvalue weighted by Gasteiger charge is -2.13. The number of carbonyl (C=O) groups is 4. The van der Waals surface area contributed by atoms with Gasteiger partial charge in [0, 0.05) is 24.3 Å². The minimum Gasteiger partial charge on any atom is -0.377 e. The van der Waals surface area contributed by atoms with E-state index in [0.717, 1.165) is 32.1 Å². The zero-order valence-electron chi connectivity index (χ0n) is 22.9. The van der Waals surface area contributed by atoms with Gasteiger partial charge in [-0.15, -0.1) is 0 Å². The molecule has 4 aromatic rings. The van der Waals surface area contributed by atoms with Crippen molar-refractivity contribution in [2.45, 2.75) is 38.1 Å². The van der Waals surface area contributed by atoms with Crippen LogP contribution in [0, 0.1) is 13.8 Å². The van der Waals surface area contributed by atoms with Gasteiger partial charge in [-0.25, -0.2) is 9.80 Å². The van der Waals surface area contributed by atoms with Crippen LogP contribution in [0.15, 0.2) is 97.6 Å². The van der Waals surface area contributed by atoms with Gasteiger partial charge < -0.3 is 10.2 Å². The number of aryl methyl sites for hydroxylation is 2. The Bertz CT molecular complexity index is 1570. The Labute approximate surface area is 241 Å². The van der Waals surface area contributed by atoms with E-state index in [2.05, 4.69) is 0 Å². The van der Waals surface area contributed by atoms with E-state index in [0.29, 0.717) is 11.4 Å². The Morgan fingerprint density at radius 1 is 0.500 bits per heavy atom. The maximum atomic E-state index is 13.2. The van der Waals surface area contributed by atoms with Crippen molar-refractivity contribution in [1.29, 1.82) is 0 Å². The van der Waals surface area contributed by atoms with Crippen molar-refractivity contribution < 1.29 is 38.5 Å². The Balaban J connectivity index is 1.20. The lowest BCUT2D eigenvalue weighted by molar-refractivity contribution is -0.713. The van der Waals surface area contributed by atoms with Crippen molar-refractivity contribution in [3.63, 3.8) is 0 Å². The molecule has 2 aliphatic heterocycles. The van der Waals surface area contributed by atoms with Crippen LogP contribution in [-0.2, 0) is 19.2 Å². The largest absolute Gasteiger partial charge is 0.377 e. The predicted molar refractivity (Wildman–Crippen MR) is 150 cm³/mol. The van der Waals surface area contributed by atoms with Gasteiger partial charge in [0.05, 0.1) is 11.4 Å². The molecule has 0 bridgehead atoms. The number of hydrogen-bond donors (Lipinski definition) is 2. The number of aliphatic hydroxyl groups is 2. The molecule has 4 atom stereocenters. The van der Waals surface area contributed by atoms with Crippen LogP contribution in [0.4, 0.5) is 11.4 Å². The maximum absolute atomic E-state index is 13.2. The summed E-state index contributed by atoms with van der Waals surface area (Å²) in [4.78, 5) is 53.9. The molecule has 0 spiro atoms. The molecule has 4 unspecified atom stereocenters. The van der Waals surface area contributed by atoms with Crippen molar-refractivity contribution in [2.24, 2.45) is 0 Å². The lowest BCUT2D eigenvalue weighted by Crippen LogP contribution is -2.48. The van der Waals surface area contributed by atoms with Crippen molar-refractivity contribution in [3.8, 4) is 11.1 Å². The summed E-state index contributed by atoms with van der Waals surface area (Å²) in [6.07, 6.45) is 3.44. The molecular formula is C32H28N4O6+2. The summed E-state index contributed by atoms with van der Waals surface area (Å²) < 4.78 is 3.01. The first-order valence-corrected chi connectivity index (χ1v) is 13.4. The normalized spacial score (nSPS) is 22.4. The second-order valence-electron chi connectivity index (χ2n) is 10.5. The van der Waals surface area contributed by atoms with Crippen molar-refractivity contribution in [1.82, 2.24) is 0 Å². The number of anilines is 2. The standard InChI is InChI=1S/C32H28N4O6/c1-19-3-7-23(8-4-19)35-29(39)25(27(37)31(35)41)33-15-11-21(12-16-33)22-13-17-34(18-14-22)26-28(38)32(42)36(30(26)40)24-9-5-20(2)6-10-24/h3-18,25-28,37-38H,1-2H3/q+2. The van der Waals surface area contributed by atoms with Gasteiger partial charge in [0.25, 0.3) is 23.9 Å². The highest BCUT2D eigenvalue weighted by Crippen LogP contribution is 2.29. The molecule has 2 aromatic carbocycles. The first-order chi connectivity index (χ1) is 20.2. The number of aromatic nitrogens is 2. The smallest absolute Gasteiger partial charge is 0.306 e. The predicted octanol–water partition coefficient (Wildman–Crippen LogP) is 1.50. The molecule has 2 aromatic heterocycles. The summed E-state index contributed by atoms with van der Waals surface area (Å²) in [6.45, 7) is 3.80. The van der Waals surface area contributed by atoms with Crippen molar-refractivity contribution in [2.75, 3.05) is 9.80 Å². The van der Waals surface area contributed by atoms with E-state index in [1.54, 1.807) is 97.6 Å². The number of pyridine rings is 2. The third-order valence-corrected chi connectivity index (χ3v) is 7.76. The number of imide groups is 2. The van der Waals surface area contributed by atoms with Crippen LogP contribution in [-0.4, -0.2) is 46.0 Å². The van der Waals surface area contributed by atoms with Crippen LogP contribution in [0.5, 0.6) is 0 Å². The Morgan fingerprint density at radius 3 is 1.12 bits per heavy atom. The fraction of sp³-hybridized carbons (Fsp3) is 0.188. The molecule has 0 saturated carbocycles. The quantitative estimate of drug-likeness (QED) is 0.280. The van der Waals surface area contributed by atoms with Crippen LogP contribution in [0.1, 0.15) is 23.2 Å². The molecule has 42 heavy (non-hydrogen) atoms. The Hall–Kier alpha value is -5.06. The molecular weight excluding hydrogens is 536 g/mol. The molecule has 0 radical (unpaired) electrons. The summed E-state index contributed by atoms with van der Waals surface area (Å²) in [7, 11) is 0. The van der Waals surface area contributed by atoms with Gasteiger partial charge in [-0.05, 0) is 49.2 Å². The minimum atomic E-state index is -1.53. The number of amides is 4. The van der Waals surface area contributed by atoms with Gasteiger partial charge in [0.2, 0.25) is 12.2 Å². The number of hydrogen-bond acceptors (Lipinski definition) is 6. The Kier molecular flexibility index (Phi) is 6.72. The molecule has 2 N–H and O–H groups in total. The average Bonchev–Trinajstić information content (AvgIpc) is 3.35. The summed E-state index contributed by atoms with van der Waals surface area (Å²) >= 11 is 0. The summed E-state index contributed by atoms with van der Waals surface area (Å²) in [6, 6.07) is 18.6. The molecule has 2 aliphatic rings. The second kappa shape index (κ2) is 10.4. The highest BCUT2D eigenvalue weighted by molar-refractivity contribution is 6.24. The van der Waals surface area contributed by atoms with Gasteiger partial charge in [-0.3, -0.25) is 19.2 Å². The molecule has 0 aliphatic carbocycles. The molecule has 6 rings (SSSR count). The number of aliphatic hydroxyl groups excluding tert-OH is 2. The average molecular weight is 565 g/mol. The van der Waals surface area contributed by atoms with Crippen LogP contribution in [0.2, 0.25) is 0 Å². The molecule has 210 valence electrons. The topological polar surface area (TPSA) is 123 Å². The molecule has 4 heterocycles. The highest BCUT2D eigenvalue weighted by atomic mass is 16.3. The van der Waals surface area contributed by atoms with E-state index in [4.69, 9.17) is 0 Å². The number of carbonyl (C=O) groups excluding carboxylic acids is 4. The van der Waals surface area contributed by atoms with E-state index >= 15 is 0 Å². The zero-order chi connectivity index (χ0) is 29.7. The fourth-order valence-corrected chi connectivity index (χ4v) is 5.40. The third-order valence-electron chi connectivity index (χ3n) is 7.76. The zero-order valence-corrected chi connectivity index (χ0v) is 22.9. The second-order valence-corrected chi connectivity index (χ2v) is 10.5. The van der Waals surface area contributed by atoms with Crippen LogP contribution < -0.4 is 18.9 Å². The first kappa shape index (κ1) is 27.1. The summed E-state index contributed by atoms with van der Waals surface area (Å²) in [5, 5.41) is 21.3. The molecule has 2 saturated heterocycles. The van der Waals surface area contributed by atoms with Gasteiger partial charge >= 0.3 is 11.8 Å². The van der Waals surface area contributed by atoms with Gasteiger partial charge in [0.15, 0.2) is 24.8 Å². The summed E-state index contributed by atoms with van der Waals surface area (Å²) in [5.74, 6) is -2.41. The molecule has 10 heteroatoms. The number of rotatable bonds is 5. The minimum absolute atomic E-state index is 0.404. The first-order valence-electron chi connectivity index (χ1n) is 13.4. The SMILES string of the molecule is Cc1ccc(N2C(=O)C(O)C([n+]3ccc(-c4cc[n+](C5C(=O)N(c6ccc(C)cc6)C(=O)C5O)cc4)cc3)C2=O)cc1. The van der Waals surface area contributed by atoms with Crippen LogP contribution in [0.3, 0.4) is 0 Å². The van der Waals surface area contributed by atoms with Gasteiger partial charge in [0.1, 0.15) is 0 Å². The molecule has 10 nitrogen and oxygen atoms in total. The fourth-order valence-electron chi connectivity index (χ4n) is 5.40. The molecule has 4 amide bonds. The highest BCUT2D eigenvalue weighted by Gasteiger charge is 2.54. The van der Waals surface area contributed by atoms with E-state index in [1.165, 1.54) is 9.13 Å². The van der Waals surface area contributed by atoms with E-state index in [1.807, 2.05) is 13.8 Å². The van der Waals surface area contributed by atoms with Crippen LogP contribution >= 0.6 is 0 Å². The van der Waals surface area contributed by atoms with E-state index in [9.17, 15) is 29.4 Å². The number of nitrogens with zero attached hydrogens (tertiary/aromatic N) is 4. The van der Waals surface area contributed by atoms with Crippen molar-refractivity contribution in [3.05, 3.63) is 109 Å². The molecule has 2 fully saturated rings. The van der Waals surface area contributed by atoms with Gasteiger partial charge in [-0.2, -0.15) is 9.13 Å². The number of benzene rings is 2. The van der Waals surface area contributed by atoms with Crippen LogP contribution in [0.25, 0.3) is 11.1 Å². The summed E-state index contributed by atoms with van der Waals surface area (Å²) in [5.41, 5.74) is 4.32. The van der Waals surface area contributed by atoms with E-state index in [-0.39, 0.29) is 0 Å². The third kappa shape index (κ3) is 4.47. The van der Waals surface area contributed by atoms with Crippen molar-refractivity contribution >= 4 is 35.0 Å². The van der Waals surface area contributed by atoms with E-state index < -0.39 is 47.9 Å². The Morgan fingerprint density at radius 2 is 0.810 bits per heavy atom. The lowest BCUT2D eigenvalue weighted by atomic mass is 10.1. The monoisotopic (exact) mass is 564 g/mol. The maximum Gasteiger partial charge on any atom is 0.306 e. The van der Waals surface area contributed by atoms with Gasteiger partial charge in [-0.1, -0.05) is 35.4 Å².